The van der Waals surface area contributed by atoms with E-state index in [0.717, 1.165) is 23.2 Å². The van der Waals surface area contributed by atoms with Crippen molar-refractivity contribution in [3.63, 3.8) is 0 Å². The highest BCUT2D eigenvalue weighted by atomic mass is 32.1. The molecule has 3 aromatic heterocycles. The number of carbonyl (C=O) groups is 1. The Morgan fingerprint density at radius 3 is 2.90 bits per heavy atom. The van der Waals surface area contributed by atoms with Crippen LogP contribution in [-0.4, -0.2) is 27.2 Å². The molecule has 1 aliphatic heterocycles. The van der Waals surface area contributed by atoms with E-state index in [1.807, 2.05) is 41.1 Å². The molecule has 1 aromatic carbocycles. The van der Waals surface area contributed by atoms with Gasteiger partial charge in [0.1, 0.15) is 6.54 Å². The fraction of sp³-hybridized carbons (Fsp3) is 0.143. The standard InChI is InChI=1S/C21H16N4O3S/c26-18-6-5-15(21-22-20(23-28-21)16-8-10-29-13-16)11-24(18)12-19(27)25-9-7-14-3-1-2-4-17(14)25/h1-6,8,10-11,13H,7,9,12H2. The van der Waals surface area contributed by atoms with Gasteiger partial charge in [0.25, 0.3) is 11.4 Å². The molecule has 4 aromatic rings. The van der Waals surface area contributed by atoms with Gasteiger partial charge in [0.15, 0.2) is 0 Å². The highest BCUT2D eigenvalue weighted by molar-refractivity contribution is 7.08. The minimum atomic E-state index is -0.257. The lowest BCUT2D eigenvalue weighted by Crippen LogP contribution is -2.35. The first-order valence-electron chi connectivity index (χ1n) is 9.14. The first-order valence-corrected chi connectivity index (χ1v) is 10.1. The SMILES string of the molecule is O=C(Cn1cc(-c2nc(-c3ccsc3)no2)ccc1=O)N1CCc2ccccc21. The number of nitrogens with zero attached hydrogens (tertiary/aromatic N) is 4. The summed E-state index contributed by atoms with van der Waals surface area (Å²) in [6.45, 7) is 0.576. The first-order chi connectivity index (χ1) is 14.2. The Balaban J connectivity index is 1.41. The Bertz CT molecular complexity index is 1240. The quantitative estimate of drug-likeness (QED) is 0.522. The molecule has 0 N–H and O–H groups in total. The average Bonchev–Trinajstić information content (AvgIpc) is 3.49. The lowest BCUT2D eigenvalue weighted by Gasteiger charge is -2.18. The van der Waals surface area contributed by atoms with Gasteiger partial charge in [-0.3, -0.25) is 9.59 Å². The van der Waals surface area contributed by atoms with E-state index in [4.69, 9.17) is 4.52 Å². The molecular formula is C21H16N4O3S. The molecule has 0 radical (unpaired) electrons. The number of fused-ring (bicyclic) bond motifs is 1. The summed E-state index contributed by atoms with van der Waals surface area (Å²) in [5.41, 5.74) is 3.27. The van der Waals surface area contributed by atoms with Gasteiger partial charge >= 0.3 is 0 Å². The third-order valence-electron chi connectivity index (χ3n) is 4.93. The summed E-state index contributed by atoms with van der Waals surface area (Å²) in [6.07, 6.45) is 2.41. The number of pyridine rings is 1. The van der Waals surface area contributed by atoms with Crippen LogP contribution in [0, 0.1) is 0 Å². The summed E-state index contributed by atoms with van der Waals surface area (Å²) in [6, 6.07) is 12.8. The molecule has 0 bridgehead atoms. The van der Waals surface area contributed by atoms with Gasteiger partial charge in [-0.15, -0.1) is 0 Å². The van der Waals surface area contributed by atoms with Crippen molar-refractivity contribution in [3.05, 3.63) is 75.3 Å². The van der Waals surface area contributed by atoms with Crippen LogP contribution >= 0.6 is 11.3 Å². The van der Waals surface area contributed by atoms with Gasteiger partial charge in [-0.1, -0.05) is 23.4 Å². The fourth-order valence-corrected chi connectivity index (χ4v) is 4.09. The number of hydrogen-bond donors (Lipinski definition) is 0. The molecule has 144 valence electrons. The molecule has 29 heavy (non-hydrogen) atoms. The number of benzene rings is 1. The summed E-state index contributed by atoms with van der Waals surface area (Å²) in [7, 11) is 0. The van der Waals surface area contributed by atoms with Gasteiger partial charge in [-0.25, -0.2) is 0 Å². The van der Waals surface area contributed by atoms with Gasteiger partial charge in [0, 0.05) is 35.4 Å². The number of rotatable bonds is 4. The second kappa shape index (κ2) is 7.14. The maximum absolute atomic E-state index is 12.9. The van der Waals surface area contributed by atoms with Gasteiger partial charge in [-0.2, -0.15) is 16.3 Å². The van der Waals surface area contributed by atoms with Crippen molar-refractivity contribution < 1.29 is 9.32 Å². The van der Waals surface area contributed by atoms with Crippen molar-refractivity contribution in [3.8, 4) is 22.8 Å². The minimum Gasteiger partial charge on any atom is -0.334 e. The number of para-hydroxylation sites is 1. The summed E-state index contributed by atoms with van der Waals surface area (Å²) >= 11 is 1.55. The largest absolute Gasteiger partial charge is 0.334 e. The van der Waals surface area contributed by atoms with Crippen LogP contribution < -0.4 is 10.5 Å². The molecule has 0 fully saturated rings. The molecule has 8 heteroatoms. The highest BCUT2D eigenvalue weighted by Gasteiger charge is 2.24. The summed E-state index contributed by atoms with van der Waals surface area (Å²) in [4.78, 5) is 31.3. The Labute approximate surface area is 169 Å². The summed E-state index contributed by atoms with van der Waals surface area (Å²) in [5.74, 6) is 0.668. The number of carbonyl (C=O) groups excluding carboxylic acids is 1. The lowest BCUT2D eigenvalue weighted by atomic mass is 10.2. The zero-order valence-corrected chi connectivity index (χ0v) is 16.1. The molecular weight excluding hydrogens is 388 g/mol. The minimum absolute atomic E-state index is 0.0491. The van der Waals surface area contributed by atoms with Crippen molar-refractivity contribution in [1.82, 2.24) is 14.7 Å². The van der Waals surface area contributed by atoms with Crippen LogP contribution in [0.15, 0.2) is 68.7 Å². The monoisotopic (exact) mass is 404 g/mol. The van der Waals surface area contributed by atoms with Crippen LogP contribution in [0.25, 0.3) is 22.8 Å². The number of thiophene rings is 1. The maximum atomic E-state index is 12.9. The van der Waals surface area contributed by atoms with Crippen LogP contribution in [0.1, 0.15) is 5.56 Å². The first kappa shape index (κ1) is 17.6. The third kappa shape index (κ3) is 3.27. The van der Waals surface area contributed by atoms with E-state index in [2.05, 4.69) is 10.1 Å². The third-order valence-corrected chi connectivity index (χ3v) is 5.61. The second-order valence-electron chi connectivity index (χ2n) is 6.74. The van der Waals surface area contributed by atoms with E-state index in [0.29, 0.717) is 23.8 Å². The molecule has 0 unspecified atom stereocenters. The molecule has 0 aliphatic carbocycles. The Morgan fingerprint density at radius 1 is 1.14 bits per heavy atom. The van der Waals surface area contributed by atoms with Crippen LogP contribution in [0.3, 0.4) is 0 Å². The average molecular weight is 404 g/mol. The number of hydrogen-bond acceptors (Lipinski definition) is 6. The van der Waals surface area contributed by atoms with Gasteiger partial charge in [0.05, 0.1) is 5.56 Å². The molecule has 0 spiro atoms. The van der Waals surface area contributed by atoms with Gasteiger partial charge in [-0.05, 0) is 35.6 Å². The van der Waals surface area contributed by atoms with Crippen molar-refractivity contribution in [2.75, 3.05) is 11.4 Å². The molecule has 1 aliphatic rings. The molecule has 5 rings (SSSR count). The highest BCUT2D eigenvalue weighted by Crippen LogP contribution is 2.28. The Hall–Kier alpha value is -3.52. The maximum Gasteiger partial charge on any atom is 0.259 e. The van der Waals surface area contributed by atoms with Crippen molar-refractivity contribution in [1.29, 1.82) is 0 Å². The molecule has 7 nitrogen and oxygen atoms in total. The van der Waals surface area contributed by atoms with E-state index in [9.17, 15) is 9.59 Å². The molecule has 0 saturated heterocycles. The molecule has 1 amide bonds. The topological polar surface area (TPSA) is 81.2 Å². The van der Waals surface area contributed by atoms with Crippen LogP contribution in [0.2, 0.25) is 0 Å². The fourth-order valence-electron chi connectivity index (χ4n) is 3.46. The smallest absolute Gasteiger partial charge is 0.259 e. The number of aromatic nitrogens is 3. The van der Waals surface area contributed by atoms with E-state index in [1.165, 1.54) is 10.6 Å². The number of anilines is 1. The van der Waals surface area contributed by atoms with Gasteiger partial charge < -0.3 is 14.0 Å². The Morgan fingerprint density at radius 2 is 2.03 bits per heavy atom. The Kier molecular flexibility index (Phi) is 4.33. The van der Waals surface area contributed by atoms with Gasteiger partial charge in [0.2, 0.25) is 11.7 Å². The van der Waals surface area contributed by atoms with Crippen LogP contribution in [-0.2, 0) is 17.8 Å². The normalized spacial score (nSPS) is 12.9. The van der Waals surface area contributed by atoms with Crippen LogP contribution in [0.4, 0.5) is 5.69 Å². The zero-order chi connectivity index (χ0) is 19.8. The van der Waals surface area contributed by atoms with E-state index < -0.39 is 0 Å². The lowest BCUT2D eigenvalue weighted by molar-refractivity contribution is -0.119. The molecule has 4 heterocycles. The zero-order valence-electron chi connectivity index (χ0n) is 15.3. The summed E-state index contributed by atoms with van der Waals surface area (Å²) in [5, 5.41) is 7.86. The van der Waals surface area contributed by atoms with E-state index in [1.54, 1.807) is 28.5 Å². The predicted molar refractivity (Wildman–Crippen MR) is 110 cm³/mol. The predicted octanol–water partition coefficient (Wildman–Crippen LogP) is 3.22. The van der Waals surface area contributed by atoms with Crippen molar-refractivity contribution in [2.45, 2.75) is 13.0 Å². The molecule has 0 atom stereocenters. The van der Waals surface area contributed by atoms with Crippen molar-refractivity contribution in [2.24, 2.45) is 0 Å². The number of amides is 1. The van der Waals surface area contributed by atoms with E-state index >= 15 is 0 Å². The van der Waals surface area contributed by atoms with E-state index in [-0.39, 0.29) is 18.0 Å². The van der Waals surface area contributed by atoms with Crippen LogP contribution in [0.5, 0.6) is 0 Å². The molecule has 0 saturated carbocycles. The second-order valence-corrected chi connectivity index (χ2v) is 7.52. The summed E-state index contributed by atoms with van der Waals surface area (Å²) < 4.78 is 6.74. The van der Waals surface area contributed by atoms with Crippen molar-refractivity contribution >= 4 is 22.9 Å².